The number of hydrogen-bond donors (Lipinski definition) is 0. The molecule has 0 aliphatic heterocycles. The van der Waals surface area contributed by atoms with Crippen LogP contribution < -0.4 is 0 Å². The summed E-state index contributed by atoms with van der Waals surface area (Å²) in [5, 5.41) is 0. The van der Waals surface area contributed by atoms with E-state index in [9.17, 15) is 0 Å². The average molecular weight is 280 g/mol. The van der Waals surface area contributed by atoms with E-state index in [-0.39, 0.29) is 0 Å². The topological polar surface area (TPSA) is 9.23 Å². The van der Waals surface area contributed by atoms with Gasteiger partial charge in [0.05, 0.1) is 12.4 Å². The van der Waals surface area contributed by atoms with E-state index in [1.165, 1.54) is 44.9 Å². The smallest absolute Gasteiger partial charge is 0.0899 e. The summed E-state index contributed by atoms with van der Waals surface area (Å²) in [5.74, 6) is 2.38. The number of unbranched alkanes of at least 4 members (excludes halogenated alkanes) is 1. The van der Waals surface area contributed by atoms with Gasteiger partial charge in [-0.2, -0.15) is 0 Å². The Kier molecular flexibility index (Phi) is 12.8. The molecule has 0 saturated carbocycles. The lowest BCUT2D eigenvalue weighted by molar-refractivity contribution is 0.168. The maximum atomic E-state index is 5.68. The molecule has 0 aromatic carbocycles. The predicted octanol–water partition coefficient (Wildman–Crippen LogP) is 6.51. The van der Waals surface area contributed by atoms with E-state index in [0.29, 0.717) is 5.92 Å². The van der Waals surface area contributed by atoms with Crippen molar-refractivity contribution in [3.8, 4) is 0 Å². The quantitative estimate of drug-likeness (QED) is 0.276. The second-order valence-electron chi connectivity index (χ2n) is 6.27. The van der Waals surface area contributed by atoms with Crippen LogP contribution in [0.2, 0.25) is 0 Å². The van der Waals surface area contributed by atoms with Gasteiger partial charge in [0.25, 0.3) is 0 Å². The molecule has 118 valence electrons. The predicted molar refractivity (Wildman–Crippen MR) is 90.8 cm³/mol. The van der Waals surface area contributed by atoms with Gasteiger partial charge in [0, 0.05) is 6.42 Å². The molecule has 0 amide bonds. The Balaban J connectivity index is 3.86. The Hall–Kier alpha value is -0.720. The van der Waals surface area contributed by atoms with Crippen molar-refractivity contribution in [2.75, 3.05) is 6.61 Å². The summed E-state index contributed by atoms with van der Waals surface area (Å²) in [4.78, 5) is 0. The molecule has 0 aromatic heterocycles. The van der Waals surface area contributed by atoms with E-state index in [2.05, 4.69) is 46.4 Å². The minimum Gasteiger partial charge on any atom is -0.498 e. The largest absolute Gasteiger partial charge is 0.498 e. The van der Waals surface area contributed by atoms with Crippen LogP contribution >= 0.6 is 0 Å². The van der Waals surface area contributed by atoms with Crippen LogP contribution in [-0.2, 0) is 4.74 Å². The molecular formula is C19H36O. The summed E-state index contributed by atoms with van der Waals surface area (Å²) in [7, 11) is 0. The summed E-state index contributed by atoms with van der Waals surface area (Å²) in [6.07, 6.45) is 14.6. The first kappa shape index (κ1) is 19.3. The normalized spacial score (nSPS) is 13.1. The highest BCUT2D eigenvalue weighted by Crippen LogP contribution is 2.22. The summed E-state index contributed by atoms with van der Waals surface area (Å²) in [5.41, 5.74) is 0. The Morgan fingerprint density at radius 2 is 1.70 bits per heavy atom. The number of ether oxygens (including phenoxy) is 1. The highest BCUT2D eigenvalue weighted by molar-refractivity contribution is 4.85. The molecule has 20 heavy (non-hydrogen) atoms. The highest BCUT2D eigenvalue weighted by Gasteiger charge is 2.08. The highest BCUT2D eigenvalue weighted by atomic mass is 16.5. The first-order valence-corrected chi connectivity index (χ1v) is 8.55. The Morgan fingerprint density at radius 1 is 1.00 bits per heavy atom. The van der Waals surface area contributed by atoms with Crippen molar-refractivity contribution in [1.82, 2.24) is 0 Å². The molecule has 0 spiro atoms. The molecule has 0 aliphatic rings. The summed E-state index contributed by atoms with van der Waals surface area (Å²) in [6, 6.07) is 0. The molecule has 0 aromatic rings. The van der Waals surface area contributed by atoms with Crippen molar-refractivity contribution in [1.29, 1.82) is 0 Å². The molecule has 1 atom stereocenters. The Bertz CT molecular complexity index is 252. The maximum Gasteiger partial charge on any atom is 0.0899 e. The SMILES string of the molecule is C=C(CCC(CCC)CCC=CCCC)OCC(C)C. The molecule has 0 radical (unpaired) electrons. The van der Waals surface area contributed by atoms with Crippen molar-refractivity contribution in [2.45, 2.75) is 79.1 Å². The zero-order chi connectivity index (χ0) is 15.2. The van der Waals surface area contributed by atoms with Gasteiger partial charge in [-0.05, 0) is 37.5 Å². The van der Waals surface area contributed by atoms with Crippen LogP contribution in [0.15, 0.2) is 24.5 Å². The zero-order valence-corrected chi connectivity index (χ0v) is 14.3. The number of allylic oxidation sites excluding steroid dienone is 3. The van der Waals surface area contributed by atoms with Crippen LogP contribution in [-0.4, -0.2) is 6.61 Å². The van der Waals surface area contributed by atoms with Crippen molar-refractivity contribution < 1.29 is 4.74 Å². The molecule has 0 heterocycles. The third kappa shape index (κ3) is 12.3. The van der Waals surface area contributed by atoms with Crippen LogP contribution in [0.1, 0.15) is 79.1 Å². The molecule has 0 bridgehead atoms. The molecule has 1 unspecified atom stereocenters. The van der Waals surface area contributed by atoms with Gasteiger partial charge in [-0.15, -0.1) is 0 Å². The third-order valence-corrected chi connectivity index (χ3v) is 3.51. The van der Waals surface area contributed by atoms with Crippen LogP contribution in [0, 0.1) is 11.8 Å². The van der Waals surface area contributed by atoms with E-state index < -0.39 is 0 Å². The van der Waals surface area contributed by atoms with E-state index in [0.717, 1.165) is 24.7 Å². The lowest BCUT2D eigenvalue weighted by Gasteiger charge is -2.17. The van der Waals surface area contributed by atoms with Crippen LogP contribution in [0.25, 0.3) is 0 Å². The molecule has 0 N–H and O–H groups in total. The van der Waals surface area contributed by atoms with Gasteiger partial charge in [-0.25, -0.2) is 0 Å². The van der Waals surface area contributed by atoms with Gasteiger partial charge in [0.1, 0.15) is 0 Å². The minimum absolute atomic E-state index is 0.585. The molecule has 0 aliphatic carbocycles. The standard InChI is InChI=1S/C19H36O/c1-6-8-9-10-11-13-19(12-7-2)15-14-18(5)20-16-17(3)4/h9-10,17,19H,5-8,11-16H2,1-4H3. The van der Waals surface area contributed by atoms with E-state index in [1.807, 2.05) is 0 Å². The molecule has 0 saturated heterocycles. The first-order valence-electron chi connectivity index (χ1n) is 8.55. The second-order valence-corrected chi connectivity index (χ2v) is 6.27. The van der Waals surface area contributed by atoms with Gasteiger partial charge < -0.3 is 4.74 Å². The van der Waals surface area contributed by atoms with Crippen molar-refractivity contribution >= 4 is 0 Å². The lowest BCUT2D eigenvalue weighted by atomic mass is 9.92. The van der Waals surface area contributed by atoms with Crippen LogP contribution in [0.3, 0.4) is 0 Å². The Morgan fingerprint density at radius 3 is 2.30 bits per heavy atom. The third-order valence-electron chi connectivity index (χ3n) is 3.51. The minimum atomic E-state index is 0.585. The lowest BCUT2D eigenvalue weighted by Crippen LogP contribution is -2.04. The molecule has 0 fully saturated rings. The van der Waals surface area contributed by atoms with E-state index in [4.69, 9.17) is 4.74 Å². The second kappa shape index (κ2) is 13.3. The van der Waals surface area contributed by atoms with Gasteiger partial charge in [-0.1, -0.05) is 65.7 Å². The van der Waals surface area contributed by atoms with Gasteiger partial charge >= 0.3 is 0 Å². The van der Waals surface area contributed by atoms with Gasteiger partial charge in [0.2, 0.25) is 0 Å². The van der Waals surface area contributed by atoms with E-state index >= 15 is 0 Å². The molecular weight excluding hydrogens is 244 g/mol. The zero-order valence-electron chi connectivity index (χ0n) is 14.3. The summed E-state index contributed by atoms with van der Waals surface area (Å²) >= 11 is 0. The van der Waals surface area contributed by atoms with Crippen molar-refractivity contribution in [2.24, 2.45) is 11.8 Å². The molecule has 1 nitrogen and oxygen atoms in total. The maximum absolute atomic E-state index is 5.68. The summed E-state index contributed by atoms with van der Waals surface area (Å²) < 4.78 is 5.68. The van der Waals surface area contributed by atoms with E-state index in [1.54, 1.807) is 0 Å². The summed E-state index contributed by atoms with van der Waals surface area (Å²) in [6.45, 7) is 13.7. The monoisotopic (exact) mass is 280 g/mol. The number of hydrogen-bond acceptors (Lipinski definition) is 1. The van der Waals surface area contributed by atoms with Gasteiger partial charge in [0.15, 0.2) is 0 Å². The fourth-order valence-corrected chi connectivity index (χ4v) is 2.30. The number of rotatable bonds is 13. The molecule has 0 rings (SSSR count). The molecule has 1 heteroatoms. The van der Waals surface area contributed by atoms with Crippen LogP contribution in [0.5, 0.6) is 0 Å². The van der Waals surface area contributed by atoms with Crippen LogP contribution in [0.4, 0.5) is 0 Å². The fraction of sp³-hybridized carbons (Fsp3) is 0.789. The van der Waals surface area contributed by atoms with Crippen molar-refractivity contribution in [3.63, 3.8) is 0 Å². The average Bonchev–Trinajstić information content (AvgIpc) is 2.42. The Labute approximate surface area is 127 Å². The van der Waals surface area contributed by atoms with Gasteiger partial charge in [-0.3, -0.25) is 0 Å². The van der Waals surface area contributed by atoms with Crippen molar-refractivity contribution in [3.05, 3.63) is 24.5 Å². The first-order chi connectivity index (χ1) is 9.60. The fourth-order valence-electron chi connectivity index (χ4n) is 2.30.